The zero-order chi connectivity index (χ0) is 15.1. The van der Waals surface area contributed by atoms with Gasteiger partial charge in [-0.1, -0.05) is 54.1 Å². The number of hydrogen-bond acceptors (Lipinski definition) is 2. The third-order valence-corrected chi connectivity index (χ3v) is 4.04. The highest BCUT2D eigenvalue weighted by atomic mass is 35.5. The average Bonchev–Trinajstić information content (AvgIpc) is 2.55. The molecular formula is C19H11ClO2. The summed E-state index contributed by atoms with van der Waals surface area (Å²) >= 11 is 6.10. The smallest absolute Gasteiger partial charge is 0.201 e. The Morgan fingerprint density at radius 2 is 1.68 bits per heavy atom. The van der Waals surface area contributed by atoms with Crippen molar-refractivity contribution in [2.75, 3.05) is 0 Å². The molecule has 0 spiro atoms. The van der Waals surface area contributed by atoms with Crippen LogP contribution in [0.15, 0.2) is 76.1 Å². The van der Waals surface area contributed by atoms with Crippen molar-refractivity contribution in [2.24, 2.45) is 0 Å². The maximum absolute atomic E-state index is 13.0. The van der Waals surface area contributed by atoms with Gasteiger partial charge in [-0.3, -0.25) is 4.79 Å². The van der Waals surface area contributed by atoms with Crippen LogP contribution in [0.2, 0.25) is 5.02 Å². The fourth-order valence-corrected chi connectivity index (χ4v) is 2.90. The monoisotopic (exact) mass is 306 g/mol. The summed E-state index contributed by atoms with van der Waals surface area (Å²) in [5.74, 6) is 0. The zero-order valence-corrected chi connectivity index (χ0v) is 12.3. The molecule has 0 radical (unpaired) electrons. The van der Waals surface area contributed by atoms with Crippen LogP contribution < -0.4 is 5.43 Å². The van der Waals surface area contributed by atoms with E-state index in [0.717, 1.165) is 16.3 Å². The van der Waals surface area contributed by atoms with E-state index in [1.165, 1.54) is 6.26 Å². The van der Waals surface area contributed by atoms with Crippen molar-refractivity contribution in [1.82, 2.24) is 0 Å². The van der Waals surface area contributed by atoms with Crippen molar-refractivity contribution in [3.8, 4) is 11.1 Å². The molecule has 22 heavy (non-hydrogen) atoms. The Balaban J connectivity index is 2.16. The molecule has 0 amide bonds. The molecule has 0 aliphatic carbocycles. The second-order valence-corrected chi connectivity index (χ2v) is 5.59. The first-order valence-electron chi connectivity index (χ1n) is 6.93. The fourth-order valence-electron chi connectivity index (χ4n) is 2.73. The summed E-state index contributed by atoms with van der Waals surface area (Å²) in [6.07, 6.45) is 1.52. The van der Waals surface area contributed by atoms with E-state index in [4.69, 9.17) is 16.0 Å². The molecule has 1 heterocycles. The molecule has 0 bridgehead atoms. The van der Waals surface area contributed by atoms with Crippen molar-refractivity contribution in [2.45, 2.75) is 0 Å². The third kappa shape index (κ3) is 2.00. The largest absolute Gasteiger partial charge is 0.463 e. The Bertz CT molecular complexity index is 1050. The van der Waals surface area contributed by atoms with E-state index in [0.29, 0.717) is 21.6 Å². The summed E-state index contributed by atoms with van der Waals surface area (Å²) in [6.45, 7) is 0. The average molecular weight is 307 g/mol. The van der Waals surface area contributed by atoms with E-state index in [2.05, 4.69) is 0 Å². The van der Waals surface area contributed by atoms with Crippen LogP contribution in [0.3, 0.4) is 0 Å². The molecule has 0 N–H and O–H groups in total. The topological polar surface area (TPSA) is 30.2 Å². The lowest BCUT2D eigenvalue weighted by molar-refractivity contribution is 0.605. The molecule has 0 atom stereocenters. The molecule has 106 valence electrons. The fraction of sp³-hybridized carbons (Fsp3) is 0. The number of halogens is 1. The quantitative estimate of drug-likeness (QED) is 0.449. The molecule has 0 aliphatic rings. The first-order chi connectivity index (χ1) is 10.7. The molecule has 4 aromatic rings. The lowest BCUT2D eigenvalue weighted by Gasteiger charge is -2.06. The molecule has 3 aromatic carbocycles. The molecule has 0 aliphatic heterocycles. The summed E-state index contributed by atoms with van der Waals surface area (Å²) in [6, 6.07) is 18.8. The van der Waals surface area contributed by atoms with Crippen LogP contribution in [-0.4, -0.2) is 0 Å². The van der Waals surface area contributed by atoms with Gasteiger partial charge in [0.1, 0.15) is 11.8 Å². The van der Waals surface area contributed by atoms with Gasteiger partial charge in [-0.15, -0.1) is 0 Å². The van der Waals surface area contributed by atoms with Gasteiger partial charge >= 0.3 is 0 Å². The molecule has 3 heteroatoms. The van der Waals surface area contributed by atoms with E-state index in [-0.39, 0.29) is 5.43 Å². The summed E-state index contributed by atoms with van der Waals surface area (Å²) < 4.78 is 5.68. The van der Waals surface area contributed by atoms with Crippen molar-refractivity contribution >= 4 is 33.3 Å². The van der Waals surface area contributed by atoms with Crippen LogP contribution >= 0.6 is 11.6 Å². The second kappa shape index (κ2) is 5.00. The number of hydrogen-bond donors (Lipinski definition) is 0. The Labute approximate surface area is 131 Å². The highest BCUT2D eigenvalue weighted by Gasteiger charge is 2.12. The normalized spacial score (nSPS) is 11.1. The van der Waals surface area contributed by atoms with Gasteiger partial charge in [0.25, 0.3) is 0 Å². The minimum Gasteiger partial charge on any atom is -0.463 e. The van der Waals surface area contributed by atoms with Gasteiger partial charge in [-0.05, 0) is 34.5 Å². The summed E-state index contributed by atoms with van der Waals surface area (Å²) in [5.41, 5.74) is 1.93. The highest BCUT2D eigenvalue weighted by molar-refractivity contribution is 6.31. The van der Waals surface area contributed by atoms with E-state index in [1.807, 2.05) is 60.7 Å². The van der Waals surface area contributed by atoms with E-state index in [9.17, 15) is 4.79 Å². The summed E-state index contributed by atoms with van der Waals surface area (Å²) in [5, 5.41) is 2.96. The Kier molecular flexibility index (Phi) is 2.98. The van der Waals surface area contributed by atoms with Gasteiger partial charge in [0.2, 0.25) is 5.43 Å². The minimum absolute atomic E-state index is 0.0414. The molecule has 0 unspecified atom stereocenters. The second-order valence-electron chi connectivity index (χ2n) is 5.15. The SMILES string of the molecule is O=c1c(-c2ccccc2)coc2ccc3ccc(Cl)cc3c12. The van der Waals surface area contributed by atoms with Crippen LogP contribution in [0, 0.1) is 0 Å². The first kappa shape index (κ1) is 13.1. The van der Waals surface area contributed by atoms with Crippen LogP contribution in [-0.2, 0) is 0 Å². The van der Waals surface area contributed by atoms with Gasteiger partial charge in [0.05, 0.1) is 10.9 Å². The van der Waals surface area contributed by atoms with Crippen LogP contribution in [0.4, 0.5) is 0 Å². The lowest BCUT2D eigenvalue weighted by Crippen LogP contribution is -2.05. The standard InChI is InChI=1S/C19H11ClO2/c20-14-8-6-13-7-9-17-18(15(13)10-14)19(21)16(11-22-17)12-4-2-1-3-5-12/h1-11H. The van der Waals surface area contributed by atoms with Crippen LogP contribution in [0.25, 0.3) is 32.9 Å². The van der Waals surface area contributed by atoms with Gasteiger partial charge in [0.15, 0.2) is 0 Å². The number of benzene rings is 3. The molecule has 2 nitrogen and oxygen atoms in total. The van der Waals surface area contributed by atoms with Crippen molar-refractivity contribution in [1.29, 1.82) is 0 Å². The summed E-state index contributed by atoms with van der Waals surface area (Å²) in [4.78, 5) is 13.0. The minimum atomic E-state index is -0.0414. The molecule has 0 saturated heterocycles. The van der Waals surface area contributed by atoms with E-state index in [1.54, 1.807) is 0 Å². The number of rotatable bonds is 1. The van der Waals surface area contributed by atoms with Gasteiger partial charge in [-0.25, -0.2) is 0 Å². The first-order valence-corrected chi connectivity index (χ1v) is 7.31. The predicted molar refractivity (Wildman–Crippen MR) is 90.4 cm³/mol. The molecule has 0 saturated carbocycles. The third-order valence-electron chi connectivity index (χ3n) is 3.81. The van der Waals surface area contributed by atoms with Gasteiger partial charge in [0, 0.05) is 5.02 Å². The molecular weight excluding hydrogens is 296 g/mol. The Morgan fingerprint density at radius 3 is 2.50 bits per heavy atom. The van der Waals surface area contributed by atoms with Crippen molar-refractivity contribution in [3.63, 3.8) is 0 Å². The molecule has 0 fully saturated rings. The Hall–Kier alpha value is -2.58. The Morgan fingerprint density at radius 1 is 0.909 bits per heavy atom. The van der Waals surface area contributed by atoms with Crippen molar-refractivity contribution < 1.29 is 4.42 Å². The zero-order valence-electron chi connectivity index (χ0n) is 11.5. The molecule has 4 rings (SSSR count). The maximum Gasteiger partial charge on any atom is 0.201 e. The number of fused-ring (bicyclic) bond motifs is 3. The van der Waals surface area contributed by atoms with Gasteiger partial charge in [-0.2, -0.15) is 0 Å². The van der Waals surface area contributed by atoms with Crippen LogP contribution in [0.5, 0.6) is 0 Å². The molecule has 1 aromatic heterocycles. The summed E-state index contributed by atoms with van der Waals surface area (Å²) in [7, 11) is 0. The van der Waals surface area contributed by atoms with Crippen molar-refractivity contribution in [3.05, 3.63) is 82.2 Å². The van der Waals surface area contributed by atoms with E-state index < -0.39 is 0 Å². The van der Waals surface area contributed by atoms with E-state index >= 15 is 0 Å². The maximum atomic E-state index is 13.0. The predicted octanol–water partition coefficient (Wildman–Crippen LogP) is 5.27. The van der Waals surface area contributed by atoms with Crippen LogP contribution in [0.1, 0.15) is 0 Å². The highest BCUT2D eigenvalue weighted by Crippen LogP contribution is 2.28. The van der Waals surface area contributed by atoms with Gasteiger partial charge < -0.3 is 4.42 Å². The lowest BCUT2D eigenvalue weighted by atomic mass is 10.0.